The molecule has 4 nitrogen and oxygen atoms in total. The van der Waals surface area contributed by atoms with Crippen LogP contribution in [0.15, 0.2) is 23.1 Å². The third kappa shape index (κ3) is 1.38. The van der Waals surface area contributed by atoms with Gasteiger partial charge in [-0.3, -0.25) is 0 Å². The molecule has 1 heterocycles. The Labute approximate surface area is 82.5 Å². The van der Waals surface area contributed by atoms with E-state index in [1.807, 2.05) is 0 Å². The van der Waals surface area contributed by atoms with Crippen LogP contribution in [0.4, 0.5) is 5.69 Å². The highest BCUT2D eigenvalue weighted by molar-refractivity contribution is 7.91. The van der Waals surface area contributed by atoms with Crippen LogP contribution in [-0.2, 0) is 16.4 Å². The van der Waals surface area contributed by atoms with Crippen molar-refractivity contribution in [3.63, 3.8) is 0 Å². The minimum Gasteiger partial charge on any atom is -0.392 e. The van der Waals surface area contributed by atoms with Gasteiger partial charge in [-0.25, -0.2) is 8.42 Å². The maximum atomic E-state index is 11.6. The third-order valence-electron chi connectivity index (χ3n) is 2.29. The minimum absolute atomic E-state index is 0.120. The molecule has 0 saturated carbocycles. The lowest BCUT2D eigenvalue weighted by Crippen LogP contribution is -2.24. The Kier molecular flexibility index (Phi) is 2.20. The fourth-order valence-corrected chi connectivity index (χ4v) is 2.98. The molecule has 0 bridgehead atoms. The summed E-state index contributed by atoms with van der Waals surface area (Å²) in [7, 11) is -3.15. The number of aliphatic hydroxyl groups excluding tert-OH is 1. The van der Waals surface area contributed by atoms with E-state index in [9.17, 15) is 8.42 Å². The van der Waals surface area contributed by atoms with E-state index in [0.717, 1.165) is 0 Å². The highest BCUT2D eigenvalue weighted by atomic mass is 32.2. The van der Waals surface area contributed by atoms with Crippen molar-refractivity contribution in [2.75, 3.05) is 17.6 Å². The number of nitrogens with one attached hydrogen (secondary N) is 1. The van der Waals surface area contributed by atoms with Gasteiger partial charge in [0.25, 0.3) is 0 Å². The molecule has 0 atom stereocenters. The number of benzene rings is 1. The second-order valence-electron chi connectivity index (χ2n) is 3.19. The highest BCUT2D eigenvalue weighted by Crippen LogP contribution is 2.29. The van der Waals surface area contributed by atoms with Crippen LogP contribution in [0.25, 0.3) is 0 Å². The van der Waals surface area contributed by atoms with E-state index in [2.05, 4.69) is 5.32 Å². The van der Waals surface area contributed by atoms with E-state index in [-0.39, 0.29) is 12.4 Å². The van der Waals surface area contributed by atoms with Gasteiger partial charge in [0.2, 0.25) is 0 Å². The quantitative estimate of drug-likeness (QED) is 0.707. The minimum atomic E-state index is -3.15. The summed E-state index contributed by atoms with van der Waals surface area (Å²) in [6.45, 7) is 0.262. The summed E-state index contributed by atoms with van der Waals surface area (Å²) in [5.41, 5.74) is 1.19. The third-order valence-corrected chi connectivity index (χ3v) is 4.04. The summed E-state index contributed by atoms with van der Waals surface area (Å²) < 4.78 is 23.2. The van der Waals surface area contributed by atoms with Gasteiger partial charge >= 0.3 is 0 Å². The molecule has 0 radical (unpaired) electrons. The SMILES string of the molecule is O=S1(=O)CCNc2c(CO)cccc21. The topological polar surface area (TPSA) is 66.4 Å². The molecule has 0 unspecified atom stereocenters. The first kappa shape index (κ1) is 9.48. The molecule has 1 aliphatic rings. The van der Waals surface area contributed by atoms with Crippen LogP contribution < -0.4 is 5.32 Å². The number of fused-ring (bicyclic) bond motifs is 1. The van der Waals surface area contributed by atoms with Gasteiger partial charge in [0, 0.05) is 12.1 Å². The molecule has 5 heteroatoms. The van der Waals surface area contributed by atoms with Crippen molar-refractivity contribution in [3.8, 4) is 0 Å². The van der Waals surface area contributed by atoms with Crippen molar-refractivity contribution in [3.05, 3.63) is 23.8 Å². The second-order valence-corrected chi connectivity index (χ2v) is 5.27. The fourth-order valence-electron chi connectivity index (χ4n) is 1.59. The van der Waals surface area contributed by atoms with Gasteiger partial charge in [-0.2, -0.15) is 0 Å². The first-order valence-electron chi connectivity index (χ1n) is 4.34. The largest absolute Gasteiger partial charge is 0.392 e. The molecule has 2 rings (SSSR count). The zero-order valence-corrected chi connectivity index (χ0v) is 8.34. The normalized spacial score (nSPS) is 18.4. The molecule has 0 saturated heterocycles. The highest BCUT2D eigenvalue weighted by Gasteiger charge is 2.24. The average molecular weight is 213 g/mol. The van der Waals surface area contributed by atoms with Crippen molar-refractivity contribution in [2.24, 2.45) is 0 Å². The standard InChI is InChI=1S/C9H11NO3S/c11-6-7-2-1-3-8-9(7)10-4-5-14(8,12)13/h1-3,10-11H,4-6H2. The number of hydrogen-bond donors (Lipinski definition) is 2. The van der Waals surface area contributed by atoms with Crippen molar-refractivity contribution >= 4 is 15.5 Å². The fraction of sp³-hybridized carbons (Fsp3) is 0.333. The zero-order valence-electron chi connectivity index (χ0n) is 7.53. The number of hydrogen-bond acceptors (Lipinski definition) is 4. The predicted octanol–water partition coefficient (Wildman–Crippen LogP) is 0.378. The summed E-state index contributed by atoms with van der Waals surface area (Å²) in [6.07, 6.45) is 0. The van der Waals surface area contributed by atoms with E-state index >= 15 is 0 Å². The predicted molar refractivity (Wildman–Crippen MR) is 52.9 cm³/mol. The van der Waals surface area contributed by atoms with Crippen LogP contribution >= 0.6 is 0 Å². The van der Waals surface area contributed by atoms with Crippen LogP contribution in [0, 0.1) is 0 Å². The van der Waals surface area contributed by atoms with Crippen LogP contribution in [-0.4, -0.2) is 25.8 Å². The molecule has 0 aromatic heterocycles. The number of anilines is 1. The van der Waals surface area contributed by atoms with Crippen LogP contribution in [0.5, 0.6) is 0 Å². The number of para-hydroxylation sites is 1. The molecule has 0 aliphatic carbocycles. The molecular formula is C9H11NO3S. The van der Waals surface area contributed by atoms with E-state index in [1.54, 1.807) is 18.2 Å². The molecule has 1 aromatic carbocycles. The van der Waals surface area contributed by atoms with Gasteiger partial charge in [-0.05, 0) is 6.07 Å². The van der Waals surface area contributed by atoms with Gasteiger partial charge in [0.15, 0.2) is 9.84 Å². The van der Waals surface area contributed by atoms with Crippen LogP contribution in [0.3, 0.4) is 0 Å². The smallest absolute Gasteiger partial charge is 0.182 e. The molecule has 0 amide bonds. The zero-order chi connectivity index (χ0) is 10.2. The number of sulfone groups is 1. The van der Waals surface area contributed by atoms with Gasteiger partial charge in [-0.1, -0.05) is 12.1 Å². The molecule has 14 heavy (non-hydrogen) atoms. The lowest BCUT2D eigenvalue weighted by Gasteiger charge is -2.20. The van der Waals surface area contributed by atoms with Crippen molar-refractivity contribution in [1.82, 2.24) is 0 Å². The Morgan fingerprint density at radius 2 is 2.21 bits per heavy atom. The lowest BCUT2D eigenvalue weighted by atomic mass is 10.2. The Morgan fingerprint density at radius 1 is 1.43 bits per heavy atom. The molecule has 76 valence electrons. The molecular weight excluding hydrogens is 202 g/mol. The molecule has 0 spiro atoms. The van der Waals surface area contributed by atoms with Gasteiger partial charge < -0.3 is 10.4 Å². The molecule has 0 fully saturated rings. The summed E-state index contributed by atoms with van der Waals surface area (Å²) in [4.78, 5) is 0.301. The number of rotatable bonds is 1. The van der Waals surface area contributed by atoms with Crippen LogP contribution in [0.2, 0.25) is 0 Å². The first-order chi connectivity index (χ1) is 6.65. The first-order valence-corrected chi connectivity index (χ1v) is 6.00. The second kappa shape index (κ2) is 3.25. The number of aliphatic hydroxyl groups is 1. The summed E-state index contributed by atoms with van der Waals surface area (Å²) >= 11 is 0. The molecule has 1 aromatic rings. The Morgan fingerprint density at radius 3 is 2.93 bits per heavy atom. The van der Waals surface area contributed by atoms with Crippen molar-refractivity contribution < 1.29 is 13.5 Å². The summed E-state index contributed by atoms with van der Waals surface area (Å²) in [5.74, 6) is 0.120. The van der Waals surface area contributed by atoms with Gasteiger partial charge in [-0.15, -0.1) is 0 Å². The van der Waals surface area contributed by atoms with E-state index in [0.29, 0.717) is 22.7 Å². The average Bonchev–Trinajstić information content (AvgIpc) is 2.17. The van der Waals surface area contributed by atoms with Gasteiger partial charge in [0.05, 0.1) is 22.9 Å². The Hall–Kier alpha value is -1.07. The summed E-state index contributed by atoms with van der Waals surface area (Å²) in [5, 5.41) is 12.0. The van der Waals surface area contributed by atoms with E-state index in [1.165, 1.54) is 0 Å². The molecule has 1 aliphatic heterocycles. The maximum absolute atomic E-state index is 11.6. The summed E-state index contributed by atoms with van der Waals surface area (Å²) in [6, 6.07) is 4.93. The maximum Gasteiger partial charge on any atom is 0.182 e. The van der Waals surface area contributed by atoms with E-state index < -0.39 is 9.84 Å². The van der Waals surface area contributed by atoms with Crippen LogP contribution in [0.1, 0.15) is 5.56 Å². The van der Waals surface area contributed by atoms with Crippen molar-refractivity contribution in [1.29, 1.82) is 0 Å². The van der Waals surface area contributed by atoms with Gasteiger partial charge in [0.1, 0.15) is 0 Å². The Bertz CT molecular complexity index is 453. The lowest BCUT2D eigenvalue weighted by molar-refractivity contribution is 0.282. The van der Waals surface area contributed by atoms with Crippen molar-refractivity contribution in [2.45, 2.75) is 11.5 Å². The molecule has 2 N–H and O–H groups in total. The van der Waals surface area contributed by atoms with E-state index in [4.69, 9.17) is 5.11 Å². The monoisotopic (exact) mass is 213 g/mol. The Balaban J connectivity index is 2.67.